The summed E-state index contributed by atoms with van der Waals surface area (Å²) in [5, 5.41) is 6.88. The molecule has 0 amide bonds. The standard InChI is InChI=1S/C45H33N3O.2C39H25N3O.C6H8.C6H6/c1-2-3-4-11-17-39-30-41(47-44(46-39)33-22-20-32(21-23-33)31-13-7-5-8-14-31)38-27-25-35-28-37(26-24-36(35)29-38)40-18-12-19-42-43(40)48-45(49-42)34-15-9-6-10-16-34;1-3-8-26(9-4-1)27-14-16-29(17-15-27)39-41-36(28-10-5-2-6-11-28)24-37(42-39)33-21-19-30-22-32(20-18-31(30)23-33)34-12-7-13-35-38(34)43-25-40-35;1-3-7-26(8-4-1)27-11-13-28(14-12-27)38-40-22-21-35(41-38)34-18-17-30-23-31(15-16-32(30)24-34)33-19-20-36-37(25-33)43-39(42-36)29-9-5-2-6-10-29;2*1-2-4-6-5-3-1/h2-16,18-30H,17H2,1H3;2*1-25H;1-4H,5-6H2;1-6H/b3-2-,11-4-;;;;. The summed E-state index contributed by atoms with van der Waals surface area (Å²) >= 11 is 0. The molecule has 0 atom stereocenters. The topological polar surface area (TPSA) is 155 Å². The van der Waals surface area contributed by atoms with Crippen LogP contribution >= 0.6 is 0 Å². The van der Waals surface area contributed by atoms with Gasteiger partial charge in [0.25, 0.3) is 0 Å². The largest absolute Gasteiger partial charge is 0.443 e. The van der Waals surface area contributed by atoms with Crippen LogP contribution in [0.25, 0.3) is 234 Å². The normalized spacial score (nSPS) is 11.6. The lowest BCUT2D eigenvalue weighted by Gasteiger charge is -2.11. The van der Waals surface area contributed by atoms with Crippen LogP contribution in [0.4, 0.5) is 0 Å². The Balaban J connectivity index is 0.000000118. The molecule has 0 fully saturated rings. The van der Waals surface area contributed by atoms with Gasteiger partial charge in [0.2, 0.25) is 11.8 Å². The summed E-state index contributed by atoms with van der Waals surface area (Å²) in [5.74, 6) is 3.40. The van der Waals surface area contributed by atoms with Crippen LogP contribution in [0.1, 0.15) is 25.5 Å². The molecule has 19 aromatic carbocycles. The van der Waals surface area contributed by atoms with Crippen LogP contribution in [0.3, 0.4) is 0 Å². The maximum absolute atomic E-state index is 6.15. The van der Waals surface area contributed by atoms with Gasteiger partial charge >= 0.3 is 0 Å². The molecule has 0 bridgehead atoms. The van der Waals surface area contributed by atoms with Crippen molar-refractivity contribution < 1.29 is 13.3 Å². The molecular weight excluding hydrogens is 1800 g/mol. The van der Waals surface area contributed by atoms with Gasteiger partial charge in [0, 0.05) is 79.5 Å². The highest BCUT2D eigenvalue weighted by atomic mass is 16.4. The Morgan fingerprint density at radius 2 is 0.619 bits per heavy atom. The third kappa shape index (κ3) is 21.9. The first-order chi connectivity index (χ1) is 72.8. The number of oxazole rings is 3. The number of hydrogen-bond acceptors (Lipinski definition) is 12. The fourth-order valence-corrected chi connectivity index (χ4v) is 18.2. The summed E-state index contributed by atoms with van der Waals surface area (Å²) in [5.41, 5.74) is 32.1. The van der Waals surface area contributed by atoms with Gasteiger partial charge in [0.15, 0.2) is 40.6 Å². The lowest BCUT2D eigenvalue weighted by molar-refractivity contribution is 0.603. The Labute approximate surface area is 853 Å². The van der Waals surface area contributed by atoms with Crippen LogP contribution in [-0.4, -0.2) is 44.9 Å². The molecule has 1 aliphatic carbocycles. The van der Waals surface area contributed by atoms with Gasteiger partial charge in [-0.15, -0.1) is 0 Å². The van der Waals surface area contributed by atoms with E-state index in [1.165, 1.54) is 47.1 Å². The van der Waals surface area contributed by atoms with E-state index in [9.17, 15) is 0 Å². The van der Waals surface area contributed by atoms with Crippen molar-refractivity contribution in [3.63, 3.8) is 0 Å². The van der Waals surface area contributed by atoms with E-state index in [1.54, 1.807) is 0 Å². The summed E-state index contributed by atoms with van der Waals surface area (Å²) < 4.78 is 18.0. The Morgan fingerprint density at radius 1 is 0.245 bits per heavy atom. The molecule has 0 unspecified atom stereocenters. The fraction of sp³-hybridized carbons (Fsp3) is 0.0296. The molecule has 0 saturated carbocycles. The third-order valence-corrected chi connectivity index (χ3v) is 25.9. The van der Waals surface area contributed by atoms with Crippen molar-refractivity contribution in [2.45, 2.75) is 26.2 Å². The van der Waals surface area contributed by atoms with Crippen molar-refractivity contribution in [2.75, 3.05) is 0 Å². The van der Waals surface area contributed by atoms with E-state index in [2.05, 4.69) is 355 Å². The molecule has 0 radical (unpaired) electrons. The second-order valence-electron chi connectivity index (χ2n) is 35.7. The second-order valence-corrected chi connectivity index (χ2v) is 35.7. The molecule has 147 heavy (non-hydrogen) atoms. The van der Waals surface area contributed by atoms with Crippen LogP contribution in [-0.2, 0) is 6.42 Å². The molecule has 1 aliphatic rings. The quantitative estimate of drug-likeness (QED) is 0.0751. The summed E-state index contributed by atoms with van der Waals surface area (Å²) in [6.07, 6.45) is 23.3. The Kier molecular flexibility index (Phi) is 27.8. The lowest BCUT2D eigenvalue weighted by atomic mass is 9.98. The first kappa shape index (κ1) is 92.6. The third-order valence-electron chi connectivity index (χ3n) is 25.9. The Hall–Kier alpha value is -19.4. The molecule has 700 valence electrons. The van der Waals surface area contributed by atoms with Gasteiger partial charge in [-0.1, -0.05) is 419 Å². The van der Waals surface area contributed by atoms with Gasteiger partial charge in [-0.2, -0.15) is 0 Å². The van der Waals surface area contributed by atoms with E-state index in [-0.39, 0.29) is 0 Å². The zero-order valence-corrected chi connectivity index (χ0v) is 80.7. The van der Waals surface area contributed by atoms with E-state index in [0.29, 0.717) is 29.9 Å². The molecule has 0 saturated heterocycles. The number of benzene rings is 19. The van der Waals surface area contributed by atoms with Crippen molar-refractivity contribution in [2.24, 2.45) is 0 Å². The molecule has 0 spiro atoms. The average Bonchev–Trinajstić information content (AvgIpc) is 1.11. The van der Waals surface area contributed by atoms with E-state index >= 15 is 0 Å². The fourth-order valence-electron chi connectivity index (χ4n) is 18.2. The van der Waals surface area contributed by atoms with Gasteiger partial charge in [-0.3, -0.25) is 0 Å². The highest BCUT2D eigenvalue weighted by Gasteiger charge is 2.20. The summed E-state index contributed by atoms with van der Waals surface area (Å²) in [4.78, 5) is 43.5. The molecular formula is C135H97N9O3. The van der Waals surface area contributed by atoms with Crippen molar-refractivity contribution in [3.8, 4) is 169 Å². The Morgan fingerprint density at radius 3 is 1.13 bits per heavy atom. The minimum absolute atomic E-state index is 0.626. The van der Waals surface area contributed by atoms with Gasteiger partial charge < -0.3 is 13.3 Å². The highest BCUT2D eigenvalue weighted by molar-refractivity contribution is 6.00. The number of allylic oxidation sites excluding steroid dienone is 8. The average molecular weight is 1890 g/mol. The molecule has 12 heteroatoms. The van der Waals surface area contributed by atoms with E-state index < -0.39 is 0 Å². The highest BCUT2D eigenvalue weighted by Crippen LogP contribution is 2.41. The van der Waals surface area contributed by atoms with Gasteiger partial charge in [0.05, 0.1) is 22.8 Å². The van der Waals surface area contributed by atoms with Gasteiger partial charge in [0.1, 0.15) is 16.6 Å². The number of hydrogen-bond donors (Lipinski definition) is 0. The predicted octanol–water partition coefficient (Wildman–Crippen LogP) is 35.6. The molecule has 25 aromatic rings. The van der Waals surface area contributed by atoms with Crippen LogP contribution < -0.4 is 0 Å². The molecule has 0 N–H and O–H groups in total. The monoisotopic (exact) mass is 1890 g/mol. The van der Waals surface area contributed by atoms with Crippen LogP contribution in [0.15, 0.2) is 548 Å². The predicted molar refractivity (Wildman–Crippen MR) is 604 cm³/mol. The van der Waals surface area contributed by atoms with Crippen molar-refractivity contribution >= 4 is 65.6 Å². The molecule has 12 nitrogen and oxygen atoms in total. The lowest BCUT2D eigenvalue weighted by Crippen LogP contribution is -1.98. The number of fused-ring (bicyclic) bond motifs is 6. The first-order valence-corrected chi connectivity index (χ1v) is 49.4. The zero-order valence-electron chi connectivity index (χ0n) is 80.7. The van der Waals surface area contributed by atoms with Crippen LogP contribution in [0.5, 0.6) is 0 Å². The zero-order chi connectivity index (χ0) is 98.7. The van der Waals surface area contributed by atoms with Crippen molar-refractivity contribution in [1.29, 1.82) is 0 Å². The first-order valence-electron chi connectivity index (χ1n) is 49.4. The second kappa shape index (κ2) is 44.2. The number of para-hydroxylation sites is 2. The van der Waals surface area contributed by atoms with Gasteiger partial charge in [-0.25, -0.2) is 44.9 Å². The van der Waals surface area contributed by atoms with Crippen molar-refractivity contribution in [3.05, 3.63) is 540 Å². The number of nitrogens with zero attached hydrogens (tertiary/aromatic N) is 9. The number of rotatable bonds is 18. The SMILES string of the molecule is C/C=C\C=C/Cc1cc(-c2ccc3cc(-c4cccc5oc(-c6ccccc6)nc45)ccc3c2)nc(-c2ccc(-c3ccccc3)cc2)n1.C1=CCCC=C1.c1ccc(-c2ccc(-c3nc(-c4ccccc4)cc(-c4ccc5cc(-c6cccc7ncoc67)ccc5c4)n3)cc2)cc1.c1ccc(-c2ccc(-c3nccc(-c4ccc5cc(-c6ccc7nc(-c8ccccc8)oc7c6)ccc5c4)n3)cc2)cc1.c1ccccc1. The Bertz CT molecular complexity index is 8990. The van der Waals surface area contributed by atoms with E-state index in [4.69, 9.17) is 43.2 Å². The van der Waals surface area contributed by atoms with Gasteiger partial charge in [-0.05, 0) is 211 Å². The van der Waals surface area contributed by atoms with E-state index in [0.717, 1.165) is 189 Å². The van der Waals surface area contributed by atoms with E-state index in [1.807, 2.05) is 195 Å². The minimum Gasteiger partial charge on any atom is -0.443 e. The van der Waals surface area contributed by atoms with Crippen molar-refractivity contribution in [1.82, 2.24) is 44.9 Å². The molecule has 26 rings (SSSR count). The summed E-state index contributed by atoms with van der Waals surface area (Å²) in [6.45, 7) is 2.02. The van der Waals surface area contributed by atoms with Crippen LogP contribution in [0, 0.1) is 0 Å². The van der Waals surface area contributed by atoms with Crippen LogP contribution in [0.2, 0.25) is 0 Å². The molecule has 0 aliphatic heterocycles. The number of aromatic nitrogens is 9. The maximum Gasteiger partial charge on any atom is 0.227 e. The molecule has 6 heterocycles. The molecule has 6 aromatic heterocycles. The summed E-state index contributed by atoms with van der Waals surface area (Å²) in [7, 11) is 0. The smallest absolute Gasteiger partial charge is 0.227 e. The maximum atomic E-state index is 6.15. The summed E-state index contributed by atoms with van der Waals surface area (Å²) in [6, 6.07) is 162. The minimum atomic E-state index is 0.626.